The molecule has 2 atom stereocenters. The van der Waals surface area contributed by atoms with Gasteiger partial charge in [0.25, 0.3) is 0 Å². The summed E-state index contributed by atoms with van der Waals surface area (Å²) in [5.41, 5.74) is 1.39. The molecule has 2 N–H and O–H groups in total. The second kappa shape index (κ2) is 7.21. The summed E-state index contributed by atoms with van der Waals surface area (Å²) in [7, 11) is 0. The number of amides is 2. The number of aromatic nitrogens is 1. The van der Waals surface area contributed by atoms with Crippen LogP contribution in [0.1, 0.15) is 17.5 Å². The lowest BCUT2D eigenvalue weighted by atomic mass is 10.2. The van der Waals surface area contributed by atoms with Crippen LogP contribution in [0.3, 0.4) is 0 Å². The van der Waals surface area contributed by atoms with E-state index in [1.54, 1.807) is 30.6 Å². The Kier molecular flexibility index (Phi) is 4.84. The van der Waals surface area contributed by atoms with E-state index in [-0.39, 0.29) is 36.0 Å². The van der Waals surface area contributed by atoms with Gasteiger partial charge in [0.1, 0.15) is 5.82 Å². The van der Waals surface area contributed by atoms with Crippen LogP contribution in [-0.2, 0) is 22.7 Å². The molecule has 3 rings (SSSR count). The van der Waals surface area contributed by atoms with E-state index in [0.29, 0.717) is 18.5 Å². The lowest BCUT2D eigenvalue weighted by molar-refractivity contribution is -0.127. The molecule has 2 unspecified atom stereocenters. The predicted octanol–water partition coefficient (Wildman–Crippen LogP) is 1.79. The van der Waals surface area contributed by atoms with Crippen molar-refractivity contribution in [3.63, 3.8) is 0 Å². The van der Waals surface area contributed by atoms with Crippen molar-refractivity contribution in [2.24, 2.45) is 11.8 Å². The van der Waals surface area contributed by atoms with Crippen molar-refractivity contribution >= 4 is 11.8 Å². The van der Waals surface area contributed by atoms with Crippen molar-refractivity contribution in [3.05, 3.63) is 65.7 Å². The summed E-state index contributed by atoms with van der Waals surface area (Å²) in [6.07, 6.45) is 3.86. The highest BCUT2D eigenvalue weighted by Gasteiger charge is 2.47. The van der Waals surface area contributed by atoms with Crippen LogP contribution in [0.25, 0.3) is 0 Å². The molecule has 1 aromatic heterocycles. The molecule has 2 amide bonds. The van der Waals surface area contributed by atoms with Gasteiger partial charge < -0.3 is 10.6 Å². The SMILES string of the molecule is O=C(NCc1ccncc1)C1CC1C(=O)NCc1ccccc1F. The lowest BCUT2D eigenvalue weighted by Gasteiger charge is -2.07. The molecule has 0 spiro atoms. The van der Waals surface area contributed by atoms with Gasteiger partial charge in [0.15, 0.2) is 0 Å². The molecular weight excluding hydrogens is 309 g/mol. The molecule has 24 heavy (non-hydrogen) atoms. The fourth-order valence-electron chi connectivity index (χ4n) is 2.55. The van der Waals surface area contributed by atoms with E-state index in [2.05, 4.69) is 15.6 Å². The van der Waals surface area contributed by atoms with E-state index in [4.69, 9.17) is 0 Å². The van der Waals surface area contributed by atoms with Gasteiger partial charge in [0.05, 0.1) is 11.8 Å². The number of pyridine rings is 1. The van der Waals surface area contributed by atoms with E-state index < -0.39 is 0 Å². The summed E-state index contributed by atoms with van der Waals surface area (Å²) in [6, 6.07) is 9.95. The van der Waals surface area contributed by atoms with Gasteiger partial charge in [-0.15, -0.1) is 0 Å². The van der Waals surface area contributed by atoms with E-state index in [1.165, 1.54) is 6.07 Å². The molecule has 1 aromatic carbocycles. The maximum absolute atomic E-state index is 13.5. The number of carbonyl (C=O) groups excluding carboxylic acids is 2. The van der Waals surface area contributed by atoms with E-state index >= 15 is 0 Å². The van der Waals surface area contributed by atoms with Crippen LogP contribution >= 0.6 is 0 Å². The summed E-state index contributed by atoms with van der Waals surface area (Å²) >= 11 is 0. The zero-order valence-corrected chi connectivity index (χ0v) is 13.0. The van der Waals surface area contributed by atoms with Crippen molar-refractivity contribution < 1.29 is 14.0 Å². The first-order valence-corrected chi connectivity index (χ1v) is 7.83. The number of carbonyl (C=O) groups is 2. The molecule has 0 saturated heterocycles. The monoisotopic (exact) mass is 327 g/mol. The summed E-state index contributed by atoms with van der Waals surface area (Å²) in [5, 5.41) is 5.52. The van der Waals surface area contributed by atoms with Crippen LogP contribution in [-0.4, -0.2) is 16.8 Å². The average molecular weight is 327 g/mol. The third kappa shape index (κ3) is 3.95. The Labute approximate surface area is 139 Å². The molecule has 1 saturated carbocycles. The first-order chi connectivity index (χ1) is 11.6. The minimum absolute atomic E-state index is 0.127. The van der Waals surface area contributed by atoms with Gasteiger partial charge >= 0.3 is 0 Å². The Balaban J connectivity index is 1.43. The third-order valence-corrected chi connectivity index (χ3v) is 4.09. The number of nitrogens with one attached hydrogen (secondary N) is 2. The summed E-state index contributed by atoms with van der Waals surface area (Å²) < 4.78 is 13.5. The number of hydrogen-bond acceptors (Lipinski definition) is 3. The standard InChI is InChI=1S/C18H18FN3O2/c19-16-4-2-1-3-13(16)11-22-18(24)15-9-14(15)17(23)21-10-12-5-7-20-8-6-12/h1-8,14-15H,9-11H2,(H,21,23)(H,22,24). The maximum atomic E-state index is 13.5. The Morgan fingerprint density at radius 3 is 2.29 bits per heavy atom. The number of benzene rings is 1. The number of nitrogens with zero attached hydrogens (tertiary/aromatic N) is 1. The smallest absolute Gasteiger partial charge is 0.224 e. The van der Waals surface area contributed by atoms with Crippen LogP contribution in [0.4, 0.5) is 4.39 Å². The number of halogens is 1. The van der Waals surface area contributed by atoms with E-state index in [1.807, 2.05) is 12.1 Å². The highest BCUT2D eigenvalue weighted by Crippen LogP contribution is 2.38. The normalized spacial score (nSPS) is 18.7. The van der Waals surface area contributed by atoms with E-state index in [0.717, 1.165) is 5.56 Å². The van der Waals surface area contributed by atoms with E-state index in [9.17, 15) is 14.0 Å². The lowest BCUT2D eigenvalue weighted by Crippen LogP contribution is -2.29. The van der Waals surface area contributed by atoms with Gasteiger partial charge in [-0.2, -0.15) is 0 Å². The van der Waals surface area contributed by atoms with Crippen molar-refractivity contribution in [2.75, 3.05) is 0 Å². The molecule has 0 radical (unpaired) electrons. The number of rotatable bonds is 6. The first kappa shape index (κ1) is 16.1. The molecule has 1 aliphatic rings. The largest absolute Gasteiger partial charge is 0.352 e. The molecule has 124 valence electrons. The Hall–Kier alpha value is -2.76. The zero-order chi connectivity index (χ0) is 16.9. The fourth-order valence-corrected chi connectivity index (χ4v) is 2.55. The molecule has 1 aliphatic carbocycles. The Bertz CT molecular complexity index is 736. The molecule has 6 heteroatoms. The van der Waals surface area contributed by atoms with Crippen LogP contribution in [0.5, 0.6) is 0 Å². The third-order valence-electron chi connectivity index (χ3n) is 4.09. The van der Waals surface area contributed by atoms with Gasteiger partial charge in [-0.05, 0) is 30.2 Å². The van der Waals surface area contributed by atoms with Crippen LogP contribution in [0, 0.1) is 17.7 Å². The molecule has 1 heterocycles. The molecule has 2 aromatic rings. The van der Waals surface area contributed by atoms with Crippen molar-refractivity contribution in [1.82, 2.24) is 15.6 Å². The average Bonchev–Trinajstić information content (AvgIpc) is 3.40. The van der Waals surface area contributed by atoms with Crippen LogP contribution < -0.4 is 10.6 Å². The summed E-state index contributed by atoms with van der Waals surface area (Å²) in [6.45, 7) is 0.550. The van der Waals surface area contributed by atoms with Crippen molar-refractivity contribution in [2.45, 2.75) is 19.5 Å². The minimum atomic E-state index is -0.347. The molecule has 0 aliphatic heterocycles. The topological polar surface area (TPSA) is 71.1 Å². The van der Waals surface area contributed by atoms with Gasteiger partial charge in [-0.25, -0.2) is 4.39 Å². The highest BCUT2D eigenvalue weighted by atomic mass is 19.1. The van der Waals surface area contributed by atoms with Crippen LogP contribution in [0.2, 0.25) is 0 Å². The predicted molar refractivity (Wildman–Crippen MR) is 85.9 cm³/mol. The molecule has 1 fully saturated rings. The second-order valence-corrected chi connectivity index (χ2v) is 5.83. The highest BCUT2D eigenvalue weighted by molar-refractivity contribution is 5.92. The quantitative estimate of drug-likeness (QED) is 0.850. The molecule has 0 bridgehead atoms. The molecule has 5 nitrogen and oxygen atoms in total. The maximum Gasteiger partial charge on any atom is 0.224 e. The second-order valence-electron chi connectivity index (χ2n) is 5.83. The van der Waals surface area contributed by atoms with Crippen LogP contribution in [0.15, 0.2) is 48.8 Å². The van der Waals surface area contributed by atoms with Gasteiger partial charge in [-0.3, -0.25) is 14.6 Å². The summed E-state index contributed by atoms with van der Waals surface area (Å²) in [4.78, 5) is 28.0. The van der Waals surface area contributed by atoms with Crippen molar-refractivity contribution in [1.29, 1.82) is 0 Å². The summed E-state index contributed by atoms with van der Waals surface area (Å²) in [5.74, 6) is -1.30. The number of hydrogen-bond donors (Lipinski definition) is 2. The Morgan fingerprint density at radius 1 is 1.00 bits per heavy atom. The first-order valence-electron chi connectivity index (χ1n) is 7.83. The molecular formula is C18H18FN3O2. The Morgan fingerprint density at radius 2 is 1.62 bits per heavy atom. The minimum Gasteiger partial charge on any atom is -0.352 e. The van der Waals surface area contributed by atoms with Crippen molar-refractivity contribution in [3.8, 4) is 0 Å². The van der Waals surface area contributed by atoms with Gasteiger partial charge in [0.2, 0.25) is 11.8 Å². The zero-order valence-electron chi connectivity index (χ0n) is 13.0. The fraction of sp³-hybridized carbons (Fsp3) is 0.278. The van der Waals surface area contributed by atoms with Gasteiger partial charge in [0, 0.05) is 31.0 Å². The van der Waals surface area contributed by atoms with Gasteiger partial charge in [-0.1, -0.05) is 18.2 Å².